The number of aromatic nitrogens is 2. The molecule has 0 bridgehead atoms. The fourth-order valence-electron chi connectivity index (χ4n) is 10.2. The van der Waals surface area contributed by atoms with Gasteiger partial charge in [0.25, 0.3) is 21.6 Å². The van der Waals surface area contributed by atoms with Crippen LogP contribution in [0.1, 0.15) is 100 Å². The smallest absolute Gasteiger partial charge is 0.313 e. The number of carbonyl (C=O) groups excluding carboxylic acids is 1. The normalized spacial score (nSPS) is 19.5. The van der Waals surface area contributed by atoms with Crippen LogP contribution in [0.3, 0.4) is 0 Å². The lowest BCUT2D eigenvalue weighted by atomic mass is 9.73. The van der Waals surface area contributed by atoms with Crippen LogP contribution in [-0.4, -0.2) is 95.2 Å². The van der Waals surface area contributed by atoms with E-state index in [1.807, 2.05) is 12.1 Å². The van der Waals surface area contributed by atoms with Crippen LogP contribution in [-0.2, 0) is 20.2 Å². The summed E-state index contributed by atoms with van der Waals surface area (Å²) in [4.78, 5) is 49.9. The van der Waals surface area contributed by atoms with Crippen LogP contribution in [0.15, 0.2) is 95.0 Å². The lowest BCUT2D eigenvalue weighted by molar-refractivity contribution is -0.384. The largest absolute Gasteiger partial charge is 0.481 e. The van der Waals surface area contributed by atoms with E-state index in [-0.39, 0.29) is 39.5 Å². The van der Waals surface area contributed by atoms with E-state index in [0.29, 0.717) is 69.1 Å². The summed E-state index contributed by atoms with van der Waals surface area (Å²) in [6.45, 7) is 12.7. The highest BCUT2D eigenvalue weighted by molar-refractivity contribution is 7.90. The molecule has 0 radical (unpaired) electrons. The van der Waals surface area contributed by atoms with Crippen LogP contribution in [0.2, 0.25) is 0 Å². The summed E-state index contributed by atoms with van der Waals surface area (Å²) in [7, 11) is -4.64. The third kappa shape index (κ3) is 11.7. The number of nitrogens with zero attached hydrogens (tertiary/aromatic N) is 4. The first-order valence-electron chi connectivity index (χ1n) is 25.0. The van der Waals surface area contributed by atoms with E-state index in [9.17, 15) is 38.3 Å². The van der Waals surface area contributed by atoms with Gasteiger partial charge in [-0.25, -0.2) is 26.9 Å². The molecule has 1 saturated heterocycles. The molecule has 0 spiro atoms. The molecule has 9 rings (SSSR count). The molecule has 6 aromatic rings. The van der Waals surface area contributed by atoms with Crippen LogP contribution in [0.25, 0.3) is 27.7 Å². The van der Waals surface area contributed by atoms with E-state index < -0.39 is 60.1 Å². The van der Waals surface area contributed by atoms with Crippen LogP contribution in [0, 0.1) is 33.1 Å². The van der Waals surface area contributed by atoms with Crippen molar-refractivity contribution in [3.8, 4) is 22.6 Å². The molecule has 396 valence electrons. The summed E-state index contributed by atoms with van der Waals surface area (Å²) < 4.78 is 67.3. The lowest BCUT2D eigenvalue weighted by Gasteiger charge is -2.39. The number of halogens is 2. The van der Waals surface area contributed by atoms with Gasteiger partial charge in [-0.2, -0.15) is 0 Å². The monoisotopic (exact) mass is 1070 g/mol. The van der Waals surface area contributed by atoms with Crippen molar-refractivity contribution in [3.63, 3.8) is 0 Å². The Morgan fingerprint density at radius 2 is 1.71 bits per heavy atom. The molecule has 5 N–H and O–H groups in total. The molecule has 1 aliphatic heterocycles. The second kappa shape index (κ2) is 20.8. The number of allylic oxidation sites excluding steroid dienone is 1. The molecule has 4 heterocycles. The number of amides is 1. The maximum absolute atomic E-state index is 15.6. The first kappa shape index (κ1) is 53.1. The van der Waals surface area contributed by atoms with Crippen molar-refractivity contribution in [2.45, 2.75) is 95.5 Å². The van der Waals surface area contributed by atoms with Gasteiger partial charge in [-0.05, 0) is 154 Å². The predicted octanol–water partition coefficient (Wildman–Crippen LogP) is 10.9. The molecule has 2 aliphatic carbocycles. The zero-order valence-electron chi connectivity index (χ0n) is 42.5. The fourth-order valence-corrected chi connectivity index (χ4v) is 12.2. The van der Waals surface area contributed by atoms with E-state index in [1.54, 1.807) is 36.7 Å². The highest BCUT2D eigenvalue weighted by atomic mass is 32.2. The number of carboxylic acid groups (broad SMARTS) is 1. The number of hydrogen-bond acceptors (Lipinski definition) is 13. The van der Waals surface area contributed by atoms with Crippen LogP contribution < -0.4 is 19.7 Å². The number of rotatable bonds is 16. The molecular formula is C55H61F2N7O9S2. The number of hydrogen-bond donors (Lipinski definition) is 5. The maximum Gasteiger partial charge on any atom is 0.313 e. The molecule has 3 aliphatic rings. The van der Waals surface area contributed by atoms with E-state index >= 15 is 8.78 Å². The van der Waals surface area contributed by atoms with E-state index in [0.717, 1.165) is 71.8 Å². The van der Waals surface area contributed by atoms with Crippen LogP contribution in [0.5, 0.6) is 11.5 Å². The van der Waals surface area contributed by atoms with Crippen LogP contribution in [0.4, 0.5) is 25.8 Å². The average molecular weight is 1070 g/mol. The first-order chi connectivity index (χ1) is 35.4. The lowest BCUT2D eigenvalue weighted by Crippen LogP contribution is -2.47. The summed E-state index contributed by atoms with van der Waals surface area (Å²) in [5.41, 5.74) is 1.38. The average Bonchev–Trinajstić information content (AvgIpc) is 4.04. The predicted molar refractivity (Wildman–Crippen MR) is 285 cm³/mol. The van der Waals surface area contributed by atoms with Crippen molar-refractivity contribution < 1.29 is 46.7 Å². The summed E-state index contributed by atoms with van der Waals surface area (Å²) in [5, 5.41) is 37.8. The minimum absolute atomic E-state index is 0.00302. The number of sulfonamides is 1. The van der Waals surface area contributed by atoms with Crippen molar-refractivity contribution in [1.29, 1.82) is 0 Å². The van der Waals surface area contributed by atoms with Crippen molar-refractivity contribution in [1.82, 2.24) is 19.6 Å². The molecule has 0 atom stereocenters. The zero-order chi connectivity index (χ0) is 53.6. The number of thiophene rings is 1. The Labute approximate surface area is 438 Å². The molecule has 20 heteroatoms. The number of ether oxygens (including phenoxy) is 1. The van der Waals surface area contributed by atoms with Gasteiger partial charge in [-0.15, -0.1) is 11.3 Å². The number of fused-ring (bicyclic) bond motifs is 1. The Hall–Kier alpha value is -6.74. The quantitative estimate of drug-likeness (QED) is 0.0450. The van der Waals surface area contributed by atoms with E-state index in [4.69, 9.17) is 4.74 Å². The van der Waals surface area contributed by atoms with Gasteiger partial charge in [0.1, 0.15) is 34.5 Å². The minimum Gasteiger partial charge on any atom is -0.481 e. The molecule has 3 aromatic heterocycles. The second-order valence-corrected chi connectivity index (χ2v) is 24.3. The first-order valence-corrected chi connectivity index (χ1v) is 27.4. The number of carbonyl (C=O) groups is 2. The van der Waals surface area contributed by atoms with E-state index in [2.05, 4.69) is 43.7 Å². The summed E-state index contributed by atoms with van der Waals surface area (Å²) in [6.07, 6.45) is 8.52. The topological polar surface area (TPSA) is 220 Å². The molecule has 1 saturated carbocycles. The number of H-pyrrole nitrogens is 1. The number of carboxylic acids is 1. The molecule has 1 amide bonds. The molecule has 16 nitrogen and oxygen atoms in total. The summed E-state index contributed by atoms with van der Waals surface area (Å²) >= 11 is 1.44. The highest BCUT2D eigenvalue weighted by Gasteiger charge is 2.34. The molecule has 2 fully saturated rings. The van der Waals surface area contributed by atoms with Gasteiger partial charge >= 0.3 is 5.97 Å². The number of piperazine rings is 1. The number of nitro benzene ring substituents is 1. The standard InChI is InChI=1S/C55H61F2N7O9S2/c1-53(2)14-12-35(42(28-53)48-23-36(32-74-48)49-43(56)24-37(25-44(49)57)54(3,4)52(66)67)31-62-18-20-63(21-19-62)38-6-8-41(47(26-38)73-39-22-34-13-17-58-50(34)60-30-39)51(65)61-75(71,72)40-7-9-45(46(27-40)64(69)70)59-29-33-10-15-55(5,68)16-11-33/h6-9,13,17,22-27,30,32-33,59,68H,10-12,14-16,18-21,28-29,31H2,1-5H3,(H,58,60)(H,61,65)(H,66,67)/t33-,55-. The molecule has 0 unspecified atom stereocenters. The number of benzene rings is 3. The third-order valence-electron chi connectivity index (χ3n) is 15.1. The number of nitro groups is 1. The Bertz CT molecular complexity index is 3310. The van der Waals surface area contributed by atoms with Gasteiger partial charge < -0.3 is 30.2 Å². The van der Waals surface area contributed by atoms with Crippen molar-refractivity contribution in [2.75, 3.05) is 49.5 Å². The minimum atomic E-state index is -4.64. The number of nitrogens with one attached hydrogen (secondary N) is 3. The van der Waals surface area contributed by atoms with Crippen molar-refractivity contribution >= 4 is 66.9 Å². The number of anilines is 2. The highest BCUT2D eigenvalue weighted by Crippen LogP contribution is 2.46. The zero-order valence-corrected chi connectivity index (χ0v) is 44.1. The molecule has 3 aromatic carbocycles. The van der Waals surface area contributed by atoms with Gasteiger partial charge in [0.15, 0.2) is 0 Å². The Balaban J connectivity index is 0.917. The van der Waals surface area contributed by atoms with E-state index in [1.165, 1.54) is 55.2 Å². The third-order valence-corrected chi connectivity index (χ3v) is 17.4. The van der Waals surface area contributed by atoms with Crippen molar-refractivity contribution in [3.05, 3.63) is 128 Å². The van der Waals surface area contributed by atoms with Gasteiger partial charge in [-0.1, -0.05) is 19.4 Å². The van der Waals surface area contributed by atoms with Crippen LogP contribution >= 0.6 is 11.3 Å². The Kier molecular flexibility index (Phi) is 14.7. The Morgan fingerprint density at radius 1 is 0.987 bits per heavy atom. The van der Waals surface area contributed by atoms with Gasteiger partial charge in [0.05, 0.1) is 38.2 Å². The van der Waals surface area contributed by atoms with Gasteiger partial charge in [0.2, 0.25) is 0 Å². The Morgan fingerprint density at radius 3 is 2.40 bits per heavy atom. The fraction of sp³-hybridized carbons (Fsp3) is 0.400. The molecular weight excluding hydrogens is 1000 g/mol. The van der Waals surface area contributed by atoms with Gasteiger partial charge in [0, 0.05) is 73.5 Å². The van der Waals surface area contributed by atoms with Gasteiger partial charge in [-0.3, -0.25) is 24.6 Å². The number of aromatic amines is 1. The summed E-state index contributed by atoms with van der Waals surface area (Å²) in [6, 6.07) is 15.9. The summed E-state index contributed by atoms with van der Waals surface area (Å²) in [5.74, 6) is -3.30. The maximum atomic E-state index is 15.6. The number of pyridine rings is 1. The number of aliphatic carboxylic acids is 1. The molecule has 75 heavy (non-hydrogen) atoms. The number of aliphatic hydroxyl groups is 1. The SMILES string of the molecule is CC1(C)CCC(CN2CCN(c3ccc(C(=O)NS(=O)(=O)c4ccc(NC[C@H]5CC[C@](C)(O)CC5)c([N+](=O)[O-])c4)c(Oc4cnc5[nH]ccc5c4)c3)CC2)=C(c2cc(-c3c(F)cc(C(C)(C)C(=O)O)cc3F)cs2)C1. The van der Waals surface area contributed by atoms with Crippen molar-refractivity contribution in [2.24, 2.45) is 11.3 Å². The second-order valence-electron chi connectivity index (χ2n) is 21.7.